The van der Waals surface area contributed by atoms with Crippen molar-refractivity contribution < 1.29 is 28.1 Å². The molecule has 0 N–H and O–H groups in total. The predicted molar refractivity (Wildman–Crippen MR) is 183 cm³/mol. The van der Waals surface area contributed by atoms with Crippen molar-refractivity contribution >= 4 is 35.0 Å². The number of amides is 2. The van der Waals surface area contributed by atoms with Gasteiger partial charge in [0, 0.05) is 29.1 Å². The van der Waals surface area contributed by atoms with Gasteiger partial charge in [-0.2, -0.15) is 9.97 Å². The second-order valence-corrected chi connectivity index (χ2v) is 15.4. The van der Waals surface area contributed by atoms with E-state index in [1.54, 1.807) is 92.9 Å². The molecule has 2 aromatic carbocycles. The van der Waals surface area contributed by atoms with Gasteiger partial charge in [-0.05, 0) is 115 Å². The molecular weight excluding hydrogens is 683 g/mol. The molecule has 50 heavy (non-hydrogen) atoms. The van der Waals surface area contributed by atoms with Gasteiger partial charge in [0.05, 0.1) is 0 Å². The highest BCUT2D eigenvalue weighted by Crippen LogP contribution is 2.48. The van der Waals surface area contributed by atoms with E-state index in [0.29, 0.717) is 76.8 Å². The molecule has 4 atom stereocenters. The topological polar surface area (TPSA) is 137 Å². The number of halogens is 2. The molecule has 0 bridgehead atoms. The highest BCUT2D eigenvalue weighted by Gasteiger charge is 2.52. The summed E-state index contributed by atoms with van der Waals surface area (Å²) in [5.74, 6) is 2.76. The van der Waals surface area contributed by atoms with Crippen molar-refractivity contribution in [2.24, 2.45) is 11.8 Å². The third-order valence-corrected chi connectivity index (χ3v) is 10.2. The quantitative estimate of drug-likeness (QED) is 0.166. The Labute approximate surface area is 300 Å². The van der Waals surface area contributed by atoms with Crippen LogP contribution in [0, 0.1) is 18.8 Å². The minimum Gasteiger partial charge on any atom is -0.478 e. The summed E-state index contributed by atoms with van der Waals surface area (Å²) in [5, 5.41) is 9.36. The zero-order valence-electron chi connectivity index (χ0n) is 28.6. The van der Waals surface area contributed by atoms with Gasteiger partial charge in [0.1, 0.15) is 23.6 Å². The first-order valence-electron chi connectivity index (χ1n) is 16.9. The second-order valence-electron chi connectivity index (χ2n) is 14.5. The largest absolute Gasteiger partial charge is 0.478 e. The molecule has 2 saturated heterocycles. The molecule has 7 rings (SSSR count). The standard InChI is InChI=1S/C36H40Cl2N6O6/c1-20-39-31(49-41-20)28-15-22(18-43(28)34(46)36(4,5)48-27-8-6-7-25(38)17-27)23-16-29(32-40-30(42-50-32)21-9-10-21)44(19-23)33(45)35(2,3)47-26-13-11-24(37)12-14-26/h6-8,11-14,17,21-23,28-29H,9-10,15-16,18-19H2,1-5H3/t22?,23?,28-,29-/m0/s1. The first-order valence-corrected chi connectivity index (χ1v) is 17.7. The Balaban J connectivity index is 1.16. The molecule has 264 valence electrons. The number of ether oxygens (including phenoxy) is 2. The van der Waals surface area contributed by atoms with Crippen LogP contribution in [0.4, 0.5) is 0 Å². The number of hydrogen-bond donors (Lipinski definition) is 0. The van der Waals surface area contributed by atoms with Crippen LogP contribution in [0.1, 0.15) is 94.8 Å². The molecule has 12 nitrogen and oxygen atoms in total. The third-order valence-electron chi connectivity index (χ3n) is 9.75. The van der Waals surface area contributed by atoms with E-state index in [9.17, 15) is 9.59 Å². The number of aromatic nitrogens is 4. The van der Waals surface area contributed by atoms with E-state index >= 15 is 0 Å². The maximum absolute atomic E-state index is 14.4. The smallest absolute Gasteiger partial charge is 0.266 e. The lowest BCUT2D eigenvalue weighted by Gasteiger charge is -2.33. The molecule has 3 aliphatic rings. The van der Waals surface area contributed by atoms with Crippen LogP contribution >= 0.6 is 23.2 Å². The van der Waals surface area contributed by atoms with E-state index in [1.165, 1.54) is 0 Å². The molecule has 1 saturated carbocycles. The minimum absolute atomic E-state index is 0.0205. The molecular formula is C36H40Cl2N6O6. The zero-order chi connectivity index (χ0) is 35.4. The highest BCUT2D eigenvalue weighted by molar-refractivity contribution is 6.30. The van der Waals surface area contributed by atoms with Gasteiger partial charge in [-0.15, -0.1) is 0 Å². The van der Waals surface area contributed by atoms with Crippen LogP contribution in [0.2, 0.25) is 10.0 Å². The average molecular weight is 724 g/mol. The Morgan fingerprint density at radius 1 is 0.760 bits per heavy atom. The fourth-order valence-corrected chi connectivity index (χ4v) is 7.38. The molecule has 3 fully saturated rings. The number of aryl methyl sites for hydroxylation is 1. The van der Waals surface area contributed by atoms with E-state index in [0.717, 1.165) is 12.8 Å². The van der Waals surface area contributed by atoms with Gasteiger partial charge in [0.25, 0.3) is 11.8 Å². The summed E-state index contributed by atoms with van der Waals surface area (Å²) >= 11 is 12.3. The summed E-state index contributed by atoms with van der Waals surface area (Å²) in [6.07, 6.45) is 3.18. The van der Waals surface area contributed by atoms with Gasteiger partial charge in [-0.3, -0.25) is 9.59 Å². The van der Waals surface area contributed by atoms with Crippen LogP contribution in [0.15, 0.2) is 57.6 Å². The fourth-order valence-electron chi connectivity index (χ4n) is 7.08. The summed E-state index contributed by atoms with van der Waals surface area (Å²) in [7, 11) is 0. The third kappa shape index (κ3) is 7.05. The summed E-state index contributed by atoms with van der Waals surface area (Å²) < 4.78 is 23.9. The maximum Gasteiger partial charge on any atom is 0.266 e. The summed E-state index contributed by atoms with van der Waals surface area (Å²) in [6, 6.07) is 12.9. The molecule has 2 aromatic heterocycles. The zero-order valence-corrected chi connectivity index (χ0v) is 30.1. The van der Waals surface area contributed by atoms with Gasteiger partial charge in [0.2, 0.25) is 11.8 Å². The van der Waals surface area contributed by atoms with E-state index in [4.69, 9.17) is 46.7 Å². The number of likely N-dealkylation sites (tertiary alicyclic amines) is 2. The molecule has 2 unspecified atom stereocenters. The van der Waals surface area contributed by atoms with E-state index in [1.807, 2.05) is 0 Å². The van der Waals surface area contributed by atoms with E-state index in [-0.39, 0.29) is 23.7 Å². The Morgan fingerprint density at radius 2 is 1.32 bits per heavy atom. The lowest BCUT2D eigenvalue weighted by atomic mass is 9.88. The van der Waals surface area contributed by atoms with Crippen molar-refractivity contribution in [3.63, 3.8) is 0 Å². The lowest BCUT2D eigenvalue weighted by Crippen LogP contribution is -2.49. The highest BCUT2D eigenvalue weighted by atomic mass is 35.5. The molecule has 2 aliphatic heterocycles. The Bertz CT molecular complexity index is 1870. The number of hydrogen-bond acceptors (Lipinski definition) is 10. The van der Waals surface area contributed by atoms with Crippen molar-refractivity contribution in [3.8, 4) is 11.5 Å². The summed E-state index contributed by atoms with van der Waals surface area (Å²) in [6.45, 7) is 9.53. The van der Waals surface area contributed by atoms with Crippen LogP contribution in [0.3, 0.4) is 0 Å². The van der Waals surface area contributed by atoms with Crippen molar-refractivity contribution in [2.45, 2.75) is 89.5 Å². The minimum atomic E-state index is -1.24. The second kappa shape index (κ2) is 13.2. The Hall–Kier alpha value is -4.16. The predicted octanol–water partition coefficient (Wildman–Crippen LogP) is 7.14. The SMILES string of the molecule is Cc1noc([C@@H]2CC(C3C[C@@H](c4nc(C5CC5)no4)N(C(=O)C(C)(C)Oc4ccc(Cl)cc4)C3)CN2C(=O)C(C)(C)Oc2cccc(Cl)c2)n1. The molecule has 4 heterocycles. The first kappa shape index (κ1) is 34.3. The average Bonchev–Trinajstić information content (AvgIpc) is 3.44. The number of carbonyl (C=O) groups excluding carboxylic acids is 2. The summed E-state index contributed by atoms with van der Waals surface area (Å²) in [4.78, 5) is 41.6. The molecule has 4 aromatic rings. The fraction of sp³-hybridized carbons (Fsp3) is 0.500. The van der Waals surface area contributed by atoms with Gasteiger partial charge < -0.3 is 28.3 Å². The van der Waals surface area contributed by atoms with Crippen LogP contribution in [0.5, 0.6) is 11.5 Å². The normalized spacial score (nSPS) is 22.6. The molecule has 0 radical (unpaired) electrons. The maximum atomic E-state index is 14.4. The van der Waals surface area contributed by atoms with E-state index in [2.05, 4.69) is 15.3 Å². The van der Waals surface area contributed by atoms with Crippen molar-refractivity contribution in [2.75, 3.05) is 13.1 Å². The Morgan fingerprint density at radius 3 is 1.86 bits per heavy atom. The Kier molecular flexibility index (Phi) is 9.05. The van der Waals surface area contributed by atoms with Crippen molar-refractivity contribution in [1.82, 2.24) is 30.1 Å². The molecule has 1 aliphatic carbocycles. The molecule has 14 heteroatoms. The van der Waals surface area contributed by atoms with Crippen LogP contribution in [-0.4, -0.2) is 66.2 Å². The monoisotopic (exact) mass is 722 g/mol. The van der Waals surface area contributed by atoms with Crippen LogP contribution in [0.25, 0.3) is 0 Å². The lowest BCUT2D eigenvalue weighted by molar-refractivity contribution is -0.148. The first-order chi connectivity index (χ1) is 23.8. The number of rotatable bonds is 10. The van der Waals surface area contributed by atoms with Crippen molar-refractivity contribution in [1.29, 1.82) is 0 Å². The van der Waals surface area contributed by atoms with Gasteiger partial charge >= 0.3 is 0 Å². The molecule has 2 amide bonds. The van der Waals surface area contributed by atoms with E-state index < -0.39 is 23.3 Å². The number of carbonyl (C=O) groups is 2. The van der Waals surface area contributed by atoms with Gasteiger partial charge in [-0.25, -0.2) is 0 Å². The number of nitrogens with zero attached hydrogens (tertiary/aromatic N) is 6. The van der Waals surface area contributed by atoms with Crippen LogP contribution < -0.4 is 9.47 Å². The van der Waals surface area contributed by atoms with Crippen molar-refractivity contribution in [3.05, 3.63) is 82.0 Å². The van der Waals surface area contributed by atoms with Gasteiger partial charge in [0.15, 0.2) is 22.9 Å². The number of benzene rings is 2. The van der Waals surface area contributed by atoms with Crippen LogP contribution in [-0.2, 0) is 9.59 Å². The van der Waals surface area contributed by atoms with Gasteiger partial charge in [-0.1, -0.05) is 39.6 Å². The summed E-state index contributed by atoms with van der Waals surface area (Å²) in [5.41, 5.74) is -2.46. The molecule has 0 spiro atoms.